The highest BCUT2D eigenvalue weighted by Gasteiger charge is 2.23. The van der Waals surface area contributed by atoms with Crippen LogP contribution in [0.2, 0.25) is 5.02 Å². The first-order valence-corrected chi connectivity index (χ1v) is 9.95. The Labute approximate surface area is 185 Å². The Morgan fingerprint density at radius 3 is 2.06 bits per heavy atom. The second kappa shape index (κ2) is 9.10. The Hall–Kier alpha value is -3.51. The normalized spacial score (nSPS) is 10.6. The van der Waals surface area contributed by atoms with Gasteiger partial charge in [-0.1, -0.05) is 41.4 Å². The first-order valence-electron chi connectivity index (χ1n) is 9.58. The first kappa shape index (κ1) is 22.2. The number of hydrogen-bond acceptors (Lipinski definition) is 4. The van der Waals surface area contributed by atoms with Crippen LogP contribution in [0.3, 0.4) is 0 Å². The van der Waals surface area contributed by atoms with Crippen LogP contribution < -0.4 is 4.90 Å². The molecule has 3 aromatic rings. The molecule has 6 nitrogen and oxygen atoms in total. The average Bonchev–Trinajstić information content (AvgIpc) is 2.75. The summed E-state index contributed by atoms with van der Waals surface area (Å²) in [6.45, 7) is 2.21. The summed E-state index contributed by atoms with van der Waals surface area (Å²) in [4.78, 5) is 28.5. The quantitative estimate of drug-likeness (QED) is 0.609. The minimum absolute atomic E-state index is 0.0386. The smallest absolute Gasteiger partial charge is 0.262 e. The molecule has 0 saturated heterocycles. The molecule has 0 aromatic heterocycles. The molecule has 0 spiro atoms. The molecule has 0 atom stereocenters. The number of phenols is 2. The van der Waals surface area contributed by atoms with Crippen LogP contribution in [0, 0.1) is 6.92 Å². The Bertz CT molecular complexity index is 1110. The SMILES string of the molecule is Cc1ccc(CN(C(=O)c2cc(Cl)c(O)cc2O)c2ccc(C(=O)N(C)C)cc2)cc1. The summed E-state index contributed by atoms with van der Waals surface area (Å²) in [6, 6.07) is 16.7. The number of hydrogen-bond donors (Lipinski definition) is 2. The van der Waals surface area contributed by atoms with Gasteiger partial charge in [0.2, 0.25) is 0 Å². The van der Waals surface area contributed by atoms with Gasteiger partial charge in [-0.15, -0.1) is 0 Å². The molecular formula is C24H23ClN2O4. The van der Waals surface area contributed by atoms with E-state index in [9.17, 15) is 19.8 Å². The van der Waals surface area contributed by atoms with Crippen molar-refractivity contribution in [3.63, 3.8) is 0 Å². The van der Waals surface area contributed by atoms with Gasteiger partial charge in [0.15, 0.2) is 0 Å². The number of anilines is 1. The highest BCUT2D eigenvalue weighted by Crippen LogP contribution is 2.33. The molecule has 0 aliphatic carbocycles. The van der Waals surface area contributed by atoms with Crippen molar-refractivity contribution >= 4 is 29.1 Å². The molecule has 0 unspecified atom stereocenters. The summed E-state index contributed by atoms with van der Waals surface area (Å²) in [5.41, 5.74) is 2.98. The second-order valence-electron chi connectivity index (χ2n) is 7.44. The maximum Gasteiger partial charge on any atom is 0.262 e. The zero-order valence-electron chi connectivity index (χ0n) is 17.5. The van der Waals surface area contributed by atoms with E-state index in [4.69, 9.17) is 11.6 Å². The van der Waals surface area contributed by atoms with E-state index >= 15 is 0 Å². The lowest BCUT2D eigenvalue weighted by molar-refractivity contribution is 0.0827. The Morgan fingerprint density at radius 2 is 1.48 bits per heavy atom. The van der Waals surface area contributed by atoms with Crippen molar-refractivity contribution in [1.82, 2.24) is 4.90 Å². The molecule has 0 bridgehead atoms. The van der Waals surface area contributed by atoms with Crippen molar-refractivity contribution in [2.45, 2.75) is 13.5 Å². The number of amides is 2. The van der Waals surface area contributed by atoms with E-state index in [2.05, 4.69) is 0 Å². The lowest BCUT2D eigenvalue weighted by Crippen LogP contribution is -2.30. The zero-order valence-corrected chi connectivity index (χ0v) is 18.2. The molecule has 2 N–H and O–H groups in total. The molecule has 0 radical (unpaired) electrons. The van der Waals surface area contributed by atoms with Gasteiger partial charge in [0.1, 0.15) is 11.5 Å². The van der Waals surface area contributed by atoms with Crippen LogP contribution in [0.4, 0.5) is 5.69 Å². The molecule has 0 fully saturated rings. The van der Waals surface area contributed by atoms with Gasteiger partial charge in [0, 0.05) is 31.4 Å². The van der Waals surface area contributed by atoms with Crippen molar-refractivity contribution in [2.24, 2.45) is 0 Å². The van der Waals surface area contributed by atoms with Gasteiger partial charge in [-0.3, -0.25) is 9.59 Å². The van der Waals surface area contributed by atoms with Crippen LogP contribution >= 0.6 is 11.6 Å². The van der Waals surface area contributed by atoms with Crippen LogP contribution in [-0.2, 0) is 6.54 Å². The maximum absolute atomic E-state index is 13.4. The lowest BCUT2D eigenvalue weighted by Gasteiger charge is -2.24. The summed E-state index contributed by atoms with van der Waals surface area (Å²) < 4.78 is 0. The molecule has 3 rings (SSSR count). The lowest BCUT2D eigenvalue weighted by atomic mass is 10.1. The Kier molecular flexibility index (Phi) is 6.51. The molecule has 160 valence electrons. The van der Waals surface area contributed by atoms with E-state index in [0.717, 1.165) is 17.2 Å². The number of aromatic hydroxyl groups is 2. The standard InChI is InChI=1S/C24H23ClN2O4/c1-15-4-6-16(7-5-15)14-27(18-10-8-17(9-11-18)23(30)26(2)3)24(31)19-12-20(25)22(29)13-21(19)28/h4-13,28-29H,14H2,1-3H3. The topological polar surface area (TPSA) is 81.1 Å². The second-order valence-corrected chi connectivity index (χ2v) is 7.85. The van der Waals surface area contributed by atoms with E-state index in [-0.39, 0.29) is 34.5 Å². The number of rotatable bonds is 5. The van der Waals surface area contributed by atoms with Gasteiger partial charge >= 0.3 is 0 Å². The van der Waals surface area contributed by atoms with Gasteiger partial charge < -0.3 is 20.0 Å². The van der Waals surface area contributed by atoms with Crippen LogP contribution in [0.1, 0.15) is 31.8 Å². The van der Waals surface area contributed by atoms with Crippen molar-refractivity contribution in [3.05, 3.63) is 87.9 Å². The summed E-state index contributed by atoms with van der Waals surface area (Å²) in [5, 5.41) is 19.9. The average molecular weight is 439 g/mol. The van der Waals surface area contributed by atoms with Crippen molar-refractivity contribution in [3.8, 4) is 11.5 Å². The molecule has 0 aliphatic rings. The third-order valence-corrected chi connectivity index (χ3v) is 5.14. The third kappa shape index (κ3) is 4.98. The van der Waals surface area contributed by atoms with Gasteiger partial charge in [-0.25, -0.2) is 0 Å². The summed E-state index contributed by atoms with van der Waals surface area (Å²) in [5.74, 6) is -1.33. The highest BCUT2D eigenvalue weighted by atomic mass is 35.5. The predicted octanol–water partition coefficient (Wildman–Crippen LogP) is 4.61. The van der Waals surface area contributed by atoms with Crippen molar-refractivity contribution < 1.29 is 19.8 Å². The van der Waals surface area contributed by atoms with E-state index in [1.165, 1.54) is 15.9 Å². The van der Waals surface area contributed by atoms with E-state index in [1.54, 1.807) is 38.4 Å². The van der Waals surface area contributed by atoms with Crippen LogP contribution in [-0.4, -0.2) is 41.0 Å². The molecule has 7 heteroatoms. The highest BCUT2D eigenvalue weighted by molar-refractivity contribution is 6.32. The molecule has 0 saturated carbocycles. The minimum Gasteiger partial charge on any atom is -0.507 e. The zero-order chi connectivity index (χ0) is 22.7. The Morgan fingerprint density at radius 1 is 0.871 bits per heavy atom. The van der Waals surface area contributed by atoms with Crippen LogP contribution in [0.5, 0.6) is 11.5 Å². The maximum atomic E-state index is 13.4. The van der Waals surface area contributed by atoms with E-state index < -0.39 is 5.91 Å². The monoisotopic (exact) mass is 438 g/mol. The summed E-state index contributed by atoms with van der Waals surface area (Å²) in [7, 11) is 3.33. The fourth-order valence-corrected chi connectivity index (χ4v) is 3.23. The summed E-state index contributed by atoms with van der Waals surface area (Å²) >= 11 is 5.97. The number of nitrogens with zero attached hydrogens (tertiary/aromatic N) is 2. The summed E-state index contributed by atoms with van der Waals surface area (Å²) in [6.07, 6.45) is 0. The van der Waals surface area contributed by atoms with Gasteiger partial charge in [-0.05, 0) is 42.8 Å². The Balaban J connectivity index is 2.02. The minimum atomic E-state index is -0.494. The molecule has 0 aliphatic heterocycles. The van der Waals surface area contributed by atoms with Crippen molar-refractivity contribution in [1.29, 1.82) is 0 Å². The number of aryl methyl sites for hydroxylation is 1. The van der Waals surface area contributed by atoms with Gasteiger partial charge in [-0.2, -0.15) is 0 Å². The molecular weight excluding hydrogens is 416 g/mol. The number of benzene rings is 3. The number of carbonyl (C=O) groups excluding carboxylic acids is 2. The van der Waals surface area contributed by atoms with Crippen LogP contribution in [0.15, 0.2) is 60.7 Å². The number of phenolic OH excluding ortho intramolecular Hbond substituents is 2. The predicted molar refractivity (Wildman–Crippen MR) is 121 cm³/mol. The molecule has 2 amide bonds. The van der Waals surface area contributed by atoms with Crippen molar-refractivity contribution in [2.75, 3.05) is 19.0 Å². The number of carbonyl (C=O) groups is 2. The van der Waals surface area contributed by atoms with E-state index in [0.29, 0.717) is 11.3 Å². The fraction of sp³-hybridized carbons (Fsp3) is 0.167. The largest absolute Gasteiger partial charge is 0.507 e. The first-order chi connectivity index (χ1) is 14.7. The van der Waals surface area contributed by atoms with E-state index in [1.807, 2.05) is 31.2 Å². The molecule has 3 aromatic carbocycles. The molecule has 0 heterocycles. The fourth-order valence-electron chi connectivity index (χ4n) is 3.07. The number of halogens is 1. The van der Waals surface area contributed by atoms with Gasteiger partial charge in [0.25, 0.3) is 11.8 Å². The van der Waals surface area contributed by atoms with Gasteiger partial charge in [0.05, 0.1) is 17.1 Å². The molecule has 31 heavy (non-hydrogen) atoms. The van der Waals surface area contributed by atoms with Crippen LogP contribution in [0.25, 0.3) is 0 Å². The third-order valence-electron chi connectivity index (χ3n) is 4.83.